The van der Waals surface area contributed by atoms with E-state index in [2.05, 4.69) is 37.2 Å². The van der Waals surface area contributed by atoms with Crippen LogP contribution in [0.5, 0.6) is 0 Å². The largest absolute Gasteiger partial charge is 0.399 e. The highest BCUT2D eigenvalue weighted by Gasteiger charge is 2.31. The fraction of sp³-hybridized carbons (Fsp3) is 0.417. The number of rotatable bonds is 2. The number of ether oxygens (including phenoxy) is 1. The Kier molecular flexibility index (Phi) is 4.29. The summed E-state index contributed by atoms with van der Waals surface area (Å²) in [5.74, 6) is 0.127. The van der Waals surface area contributed by atoms with E-state index in [1.54, 1.807) is 12.1 Å². The minimum atomic E-state index is -0.374. The summed E-state index contributed by atoms with van der Waals surface area (Å²) in [6.45, 7) is 2.66. The average Bonchev–Trinajstić information content (AvgIpc) is 2.69. The van der Waals surface area contributed by atoms with Crippen LogP contribution in [-0.4, -0.2) is 18.6 Å². The van der Waals surface area contributed by atoms with Crippen molar-refractivity contribution >= 4 is 49.1 Å². The van der Waals surface area contributed by atoms with Crippen LogP contribution in [0.1, 0.15) is 13.3 Å². The lowest BCUT2D eigenvalue weighted by Gasteiger charge is -2.16. The quantitative estimate of drug-likeness (QED) is 0.778. The fourth-order valence-corrected chi connectivity index (χ4v) is 3.36. The molecule has 0 spiro atoms. The van der Waals surface area contributed by atoms with E-state index in [4.69, 9.17) is 10.5 Å². The molecule has 1 fully saturated rings. The van der Waals surface area contributed by atoms with Crippen LogP contribution >= 0.6 is 31.9 Å². The standard InChI is InChI=1S/C12H14Br2N2O2/c1-6-2-3-18-11(6)12(17)16-10-8(13)4-7(15)5-9(10)14/h4-6,11H,2-3,15H2,1H3,(H,16,17). The highest BCUT2D eigenvalue weighted by molar-refractivity contribution is 9.11. The van der Waals surface area contributed by atoms with Crippen LogP contribution in [0, 0.1) is 5.92 Å². The number of hydrogen-bond acceptors (Lipinski definition) is 3. The van der Waals surface area contributed by atoms with E-state index in [1.165, 1.54) is 0 Å². The number of benzene rings is 1. The Morgan fingerprint density at radius 2 is 2.06 bits per heavy atom. The molecule has 2 atom stereocenters. The summed E-state index contributed by atoms with van der Waals surface area (Å²) in [6, 6.07) is 3.50. The normalized spacial score (nSPS) is 23.1. The van der Waals surface area contributed by atoms with Gasteiger partial charge in [0.15, 0.2) is 0 Å². The molecule has 1 heterocycles. The summed E-state index contributed by atoms with van der Waals surface area (Å²) in [6.07, 6.45) is 0.545. The van der Waals surface area contributed by atoms with E-state index in [9.17, 15) is 4.79 Å². The van der Waals surface area contributed by atoms with Crippen molar-refractivity contribution < 1.29 is 9.53 Å². The molecule has 6 heteroatoms. The van der Waals surface area contributed by atoms with Crippen LogP contribution in [0.3, 0.4) is 0 Å². The lowest BCUT2D eigenvalue weighted by atomic mass is 10.0. The van der Waals surface area contributed by atoms with Crippen LogP contribution in [0.2, 0.25) is 0 Å². The summed E-state index contributed by atoms with van der Waals surface area (Å²) in [7, 11) is 0. The van der Waals surface area contributed by atoms with E-state index in [-0.39, 0.29) is 17.9 Å². The number of halogens is 2. The Hall–Kier alpha value is -0.590. The first-order valence-corrected chi connectivity index (χ1v) is 7.24. The second-order valence-corrected chi connectivity index (χ2v) is 6.11. The predicted molar refractivity (Wildman–Crippen MR) is 78.4 cm³/mol. The molecule has 2 rings (SSSR count). The van der Waals surface area contributed by atoms with E-state index in [1.807, 2.05) is 6.92 Å². The van der Waals surface area contributed by atoms with Crippen molar-refractivity contribution in [1.82, 2.24) is 0 Å². The number of carbonyl (C=O) groups excluding carboxylic acids is 1. The van der Waals surface area contributed by atoms with Gasteiger partial charge in [-0.05, 0) is 56.3 Å². The van der Waals surface area contributed by atoms with Crippen molar-refractivity contribution in [2.45, 2.75) is 19.4 Å². The molecular formula is C12H14Br2N2O2. The Labute approximate surface area is 123 Å². The molecule has 1 aromatic carbocycles. The third-order valence-corrected chi connectivity index (χ3v) is 4.21. The number of nitrogens with two attached hydrogens (primary N) is 1. The van der Waals surface area contributed by atoms with E-state index in [0.29, 0.717) is 18.0 Å². The van der Waals surface area contributed by atoms with Crippen LogP contribution in [0.25, 0.3) is 0 Å². The van der Waals surface area contributed by atoms with Crippen molar-refractivity contribution in [2.24, 2.45) is 5.92 Å². The molecule has 1 aliphatic rings. The minimum absolute atomic E-state index is 0.119. The third kappa shape index (κ3) is 2.87. The van der Waals surface area contributed by atoms with Gasteiger partial charge in [0.05, 0.1) is 5.69 Å². The molecule has 0 bridgehead atoms. The lowest BCUT2D eigenvalue weighted by Crippen LogP contribution is -2.31. The molecular weight excluding hydrogens is 364 g/mol. The maximum Gasteiger partial charge on any atom is 0.253 e. The molecule has 1 saturated heterocycles. The summed E-state index contributed by atoms with van der Waals surface area (Å²) >= 11 is 6.77. The van der Waals surface area contributed by atoms with Gasteiger partial charge in [-0.1, -0.05) is 6.92 Å². The van der Waals surface area contributed by atoms with Crippen LogP contribution in [0.15, 0.2) is 21.1 Å². The van der Waals surface area contributed by atoms with Crippen molar-refractivity contribution in [2.75, 3.05) is 17.7 Å². The zero-order valence-electron chi connectivity index (χ0n) is 9.87. The Morgan fingerprint density at radius 1 is 1.44 bits per heavy atom. The molecule has 1 amide bonds. The molecule has 98 valence electrons. The van der Waals surface area contributed by atoms with Gasteiger partial charge < -0.3 is 15.8 Å². The van der Waals surface area contributed by atoms with Gasteiger partial charge in [-0.2, -0.15) is 0 Å². The summed E-state index contributed by atoms with van der Waals surface area (Å²) < 4.78 is 6.92. The van der Waals surface area contributed by atoms with Gasteiger partial charge >= 0.3 is 0 Å². The molecule has 0 radical (unpaired) electrons. The van der Waals surface area contributed by atoms with Crippen molar-refractivity contribution in [1.29, 1.82) is 0 Å². The predicted octanol–water partition coefficient (Wildman–Crippen LogP) is 3.16. The highest BCUT2D eigenvalue weighted by Crippen LogP contribution is 2.34. The molecule has 0 saturated carbocycles. The van der Waals surface area contributed by atoms with E-state index < -0.39 is 0 Å². The Balaban J connectivity index is 2.17. The van der Waals surface area contributed by atoms with Crippen molar-refractivity contribution in [3.63, 3.8) is 0 Å². The van der Waals surface area contributed by atoms with Crippen molar-refractivity contribution in [3.05, 3.63) is 21.1 Å². The number of nitrogen functional groups attached to an aromatic ring is 1. The maximum absolute atomic E-state index is 12.1. The van der Waals surface area contributed by atoms with Crippen LogP contribution < -0.4 is 11.1 Å². The van der Waals surface area contributed by atoms with Gasteiger partial charge in [-0.25, -0.2) is 0 Å². The van der Waals surface area contributed by atoms with Gasteiger partial charge in [0, 0.05) is 21.2 Å². The molecule has 0 aliphatic carbocycles. The minimum Gasteiger partial charge on any atom is -0.399 e. The van der Waals surface area contributed by atoms with Crippen LogP contribution in [-0.2, 0) is 9.53 Å². The molecule has 1 aromatic rings. The lowest BCUT2D eigenvalue weighted by molar-refractivity contribution is -0.126. The molecule has 2 unspecified atom stereocenters. The zero-order valence-corrected chi connectivity index (χ0v) is 13.0. The van der Waals surface area contributed by atoms with E-state index >= 15 is 0 Å². The number of hydrogen-bond donors (Lipinski definition) is 2. The number of anilines is 2. The first-order valence-electron chi connectivity index (χ1n) is 5.66. The average molecular weight is 378 g/mol. The third-order valence-electron chi connectivity index (χ3n) is 2.96. The summed E-state index contributed by atoms with van der Waals surface area (Å²) in [4.78, 5) is 12.1. The van der Waals surface area contributed by atoms with Gasteiger partial charge in [-0.15, -0.1) is 0 Å². The second kappa shape index (κ2) is 5.59. The van der Waals surface area contributed by atoms with Gasteiger partial charge in [0.25, 0.3) is 5.91 Å². The summed E-state index contributed by atoms with van der Waals surface area (Å²) in [5, 5.41) is 2.86. The van der Waals surface area contributed by atoms with Gasteiger partial charge in [0.2, 0.25) is 0 Å². The topological polar surface area (TPSA) is 64.3 Å². The monoisotopic (exact) mass is 376 g/mol. The first kappa shape index (κ1) is 13.8. The number of carbonyl (C=O) groups is 1. The first-order chi connectivity index (χ1) is 8.49. The van der Waals surface area contributed by atoms with Crippen molar-refractivity contribution in [3.8, 4) is 0 Å². The van der Waals surface area contributed by atoms with E-state index in [0.717, 1.165) is 15.4 Å². The number of nitrogens with one attached hydrogen (secondary N) is 1. The zero-order chi connectivity index (χ0) is 13.3. The molecule has 0 aromatic heterocycles. The Bertz CT molecular complexity index is 456. The SMILES string of the molecule is CC1CCOC1C(=O)Nc1c(Br)cc(N)cc1Br. The number of amides is 1. The highest BCUT2D eigenvalue weighted by atomic mass is 79.9. The molecule has 1 aliphatic heterocycles. The second-order valence-electron chi connectivity index (χ2n) is 4.41. The summed E-state index contributed by atoms with van der Waals surface area (Å²) in [5.41, 5.74) is 7.01. The van der Waals surface area contributed by atoms with Crippen LogP contribution in [0.4, 0.5) is 11.4 Å². The Morgan fingerprint density at radius 3 is 2.56 bits per heavy atom. The smallest absolute Gasteiger partial charge is 0.253 e. The molecule has 18 heavy (non-hydrogen) atoms. The molecule has 4 nitrogen and oxygen atoms in total. The maximum atomic E-state index is 12.1. The van der Waals surface area contributed by atoms with Gasteiger partial charge in [0.1, 0.15) is 6.10 Å². The molecule has 3 N–H and O–H groups in total. The van der Waals surface area contributed by atoms with Gasteiger partial charge in [-0.3, -0.25) is 4.79 Å². The fourth-order valence-electron chi connectivity index (χ4n) is 1.94.